The van der Waals surface area contributed by atoms with Crippen LogP contribution in [0.25, 0.3) is 6.08 Å². The number of nitrogens with one attached hydrogen (secondary N) is 2. The SMILES string of the molecule is COc1ccc(/C=C2/NC(=O)NC2=O)c(C)c1. The van der Waals surface area contributed by atoms with Gasteiger partial charge in [0.2, 0.25) is 0 Å². The van der Waals surface area contributed by atoms with Crippen molar-refractivity contribution in [3.63, 3.8) is 0 Å². The van der Waals surface area contributed by atoms with Crippen molar-refractivity contribution >= 4 is 18.0 Å². The Morgan fingerprint density at radius 1 is 1.24 bits per heavy atom. The number of carbonyl (C=O) groups excluding carboxylic acids is 2. The minimum atomic E-state index is -0.493. The van der Waals surface area contributed by atoms with Crippen molar-refractivity contribution in [3.05, 3.63) is 35.0 Å². The van der Waals surface area contributed by atoms with Crippen molar-refractivity contribution in [2.24, 2.45) is 0 Å². The molecule has 88 valence electrons. The molecule has 0 radical (unpaired) electrons. The number of ether oxygens (including phenoxy) is 1. The van der Waals surface area contributed by atoms with Crippen molar-refractivity contribution in [2.45, 2.75) is 6.92 Å². The highest BCUT2D eigenvalue weighted by Crippen LogP contribution is 2.19. The summed E-state index contributed by atoms with van der Waals surface area (Å²) in [6.45, 7) is 1.91. The molecule has 0 aliphatic carbocycles. The van der Waals surface area contributed by atoms with E-state index in [-0.39, 0.29) is 5.70 Å². The molecule has 1 saturated heterocycles. The molecule has 1 aromatic carbocycles. The summed E-state index contributed by atoms with van der Waals surface area (Å²) in [5.41, 5.74) is 2.08. The molecule has 0 spiro atoms. The lowest BCUT2D eigenvalue weighted by Gasteiger charge is -2.04. The highest BCUT2D eigenvalue weighted by molar-refractivity contribution is 6.14. The molecule has 2 rings (SSSR count). The summed E-state index contributed by atoms with van der Waals surface area (Å²) in [6.07, 6.45) is 1.63. The van der Waals surface area contributed by atoms with E-state index in [1.165, 1.54) is 0 Å². The fourth-order valence-corrected chi connectivity index (χ4v) is 1.58. The average molecular weight is 232 g/mol. The highest BCUT2D eigenvalue weighted by atomic mass is 16.5. The Kier molecular flexibility index (Phi) is 2.82. The molecular formula is C12H12N2O3. The van der Waals surface area contributed by atoms with E-state index in [4.69, 9.17) is 4.74 Å². The molecule has 1 aliphatic heterocycles. The van der Waals surface area contributed by atoms with Gasteiger partial charge < -0.3 is 10.1 Å². The number of imide groups is 1. The van der Waals surface area contributed by atoms with Gasteiger partial charge >= 0.3 is 6.03 Å². The van der Waals surface area contributed by atoms with E-state index in [0.29, 0.717) is 0 Å². The molecule has 5 nitrogen and oxygen atoms in total. The maximum Gasteiger partial charge on any atom is 0.326 e. The number of rotatable bonds is 2. The molecule has 3 amide bonds. The molecule has 0 unspecified atom stereocenters. The molecule has 0 atom stereocenters. The van der Waals surface area contributed by atoms with Gasteiger partial charge in [0, 0.05) is 0 Å². The van der Waals surface area contributed by atoms with Crippen LogP contribution in [-0.4, -0.2) is 19.0 Å². The van der Waals surface area contributed by atoms with Crippen LogP contribution in [0.2, 0.25) is 0 Å². The van der Waals surface area contributed by atoms with Crippen LogP contribution < -0.4 is 15.4 Å². The third kappa shape index (κ3) is 2.28. The first-order chi connectivity index (χ1) is 8.10. The van der Waals surface area contributed by atoms with Crippen molar-refractivity contribution in [1.29, 1.82) is 0 Å². The zero-order valence-corrected chi connectivity index (χ0v) is 9.53. The van der Waals surface area contributed by atoms with Crippen LogP contribution in [0.15, 0.2) is 23.9 Å². The van der Waals surface area contributed by atoms with E-state index in [2.05, 4.69) is 10.6 Å². The van der Waals surface area contributed by atoms with Gasteiger partial charge in [-0.25, -0.2) is 4.79 Å². The molecular weight excluding hydrogens is 220 g/mol. The molecule has 0 aromatic heterocycles. The first-order valence-electron chi connectivity index (χ1n) is 5.09. The van der Waals surface area contributed by atoms with Gasteiger partial charge in [0.15, 0.2) is 0 Å². The van der Waals surface area contributed by atoms with Crippen molar-refractivity contribution in [2.75, 3.05) is 7.11 Å². The van der Waals surface area contributed by atoms with Crippen molar-refractivity contribution in [3.8, 4) is 5.75 Å². The summed E-state index contributed by atoms with van der Waals surface area (Å²) in [7, 11) is 1.59. The Morgan fingerprint density at radius 3 is 2.53 bits per heavy atom. The molecule has 1 heterocycles. The van der Waals surface area contributed by atoms with Gasteiger partial charge in [-0.15, -0.1) is 0 Å². The maximum atomic E-state index is 11.3. The number of aryl methyl sites for hydroxylation is 1. The summed E-state index contributed by atoms with van der Waals surface area (Å²) in [4.78, 5) is 22.3. The van der Waals surface area contributed by atoms with Gasteiger partial charge in [-0.1, -0.05) is 6.07 Å². The second-order valence-corrected chi connectivity index (χ2v) is 3.69. The first-order valence-corrected chi connectivity index (χ1v) is 5.09. The van der Waals surface area contributed by atoms with Gasteiger partial charge in [0.25, 0.3) is 5.91 Å². The molecule has 0 bridgehead atoms. The Bertz CT molecular complexity index is 520. The predicted molar refractivity (Wildman–Crippen MR) is 62.4 cm³/mol. The third-order valence-corrected chi connectivity index (χ3v) is 2.50. The maximum absolute atomic E-state index is 11.3. The van der Waals surface area contributed by atoms with Gasteiger partial charge in [0.05, 0.1) is 7.11 Å². The van der Waals surface area contributed by atoms with Gasteiger partial charge in [-0.2, -0.15) is 0 Å². The van der Waals surface area contributed by atoms with E-state index < -0.39 is 11.9 Å². The van der Waals surface area contributed by atoms with E-state index >= 15 is 0 Å². The summed E-state index contributed by atoms with van der Waals surface area (Å²) < 4.78 is 5.09. The minimum Gasteiger partial charge on any atom is -0.497 e. The van der Waals surface area contributed by atoms with Crippen LogP contribution in [0.3, 0.4) is 0 Å². The zero-order valence-electron chi connectivity index (χ0n) is 9.53. The standard InChI is InChI=1S/C12H12N2O3/c1-7-5-9(17-2)4-3-8(7)6-10-11(15)14-12(16)13-10/h3-6H,1-2H3,(H2,13,14,15,16)/b10-6+. The predicted octanol–water partition coefficient (Wildman–Crippen LogP) is 1.18. The summed E-state index contributed by atoms with van der Waals surface area (Å²) >= 11 is 0. The topological polar surface area (TPSA) is 67.4 Å². The smallest absolute Gasteiger partial charge is 0.326 e. The number of carbonyl (C=O) groups is 2. The van der Waals surface area contributed by atoms with E-state index in [0.717, 1.165) is 16.9 Å². The second kappa shape index (κ2) is 4.29. The number of amides is 3. The normalized spacial score (nSPS) is 16.9. The number of urea groups is 1. The third-order valence-electron chi connectivity index (χ3n) is 2.50. The molecule has 1 aromatic rings. The largest absolute Gasteiger partial charge is 0.497 e. The zero-order chi connectivity index (χ0) is 12.4. The fraction of sp³-hybridized carbons (Fsp3) is 0.167. The van der Waals surface area contributed by atoms with E-state index in [1.807, 2.05) is 19.1 Å². The van der Waals surface area contributed by atoms with Crippen LogP contribution in [0.1, 0.15) is 11.1 Å². The van der Waals surface area contributed by atoms with Gasteiger partial charge in [0.1, 0.15) is 11.4 Å². The monoisotopic (exact) mass is 232 g/mol. The summed E-state index contributed by atoms with van der Waals surface area (Å²) in [5.74, 6) is 0.342. The number of methoxy groups -OCH3 is 1. The lowest BCUT2D eigenvalue weighted by atomic mass is 10.1. The first kappa shape index (κ1) is 11.2. The van der Waals surface area contributed by atoms with Crippen LogP contribution in [0.5, 0.6) is 5.75 Å². The van der Waals surface area contributed by atoms with Crippen LogP contribution in [0.4, 0.5) is 4.79 Å². The number of hydrogen-bond acceptors (Lipinski definition) is 3. The lowest BCUT2D eigenvalue weighted by Crippen LogP contribution is -2.22. The van der Waals surface area contributed by atoms with Crippen LogP contribution in [0, 0.1) is 6.92 Å². The van der Waals surface area contributed by atoms with Gasteiger partial charge in [-0.3, -0.25) is 10.1 Å². The highest BCUT2D eigenvalue weighted by Gasteiger charge is 2.22. The second-order valence-electron chi connectivity index (χ2n) is 3.69. The van der Waals surface area contributed by atoms with Crippen molar-refractivity contribution < 1.29 is 14.3 Å². The van der Waals surface area contributed by atoms with Gasteiger partial charge in [-0.05, 0) is 36.3 Å². The van der Waals surface area contributed by atoms with Crippen molar-refractivity contribution in [1.82, 2.24) is 10.6 Å². The van der Waals surface area contributed by atoms with Crippen LogP contribution in [-0.2, 0) is 4.79 Å². The minimum absolute atomic E-state index is 0.253. The van der Waals surface area contributed by atoms with E-state index in [9.17, 15) is 9.59 Å². The Labute approximate surface area is 98.5 Å². The molecule has 1 aliphatic rings. The molecule has 1 fully saturated rings. The Balaban J connectivity index is 2.33. The molecule has 2 N–H and O–H groups in total. The summed E-state index contributed by atoms with van der Waals surface area (Å²) in [5, 5.41) is 4.59. The molecule has 5 heteroatoms. The average Bonchev–Trinajstić information content (AvgIpc) is 2.60. The lowest BCUT2D eigenvalue weighted by molar-refractivity contribution is -0.115. The Hall–Kier alpha value is -2.30. The van der Waals surface area contributed by atoms with E-state index in [1.54, 1.807) is 19.3 Å². The number of benzene rings is 1. The quantitative estimate of drug-likeness (QED) is 0.594. The number of hydrogen-bond donors (Lipinski definition) is 2. The molecule has 17 heavy (non-hydrogen) atoms. The summed E-state index contributed by atoms with van der Waals surface area (Å²) in [6, 6.07) is 5.00. The molecule has 0 saturated carbocycles. The van der Waals surface area contributed by atoms with Crippen LogP contribution >= 0.6 is 0 Å². The Morgan fingerprint density at radius 2 is 2.00 bits per heavy atom. The fourth-order valence-electron chi connectivity index (χ4n) is 1.58.